The molecular weight excluding hydrogens is 859 g/mol. The van der Waals surface area contributed by atoms with Crippen molar-refractivity contribution < 1.29 is 28.6 Å². The van der Waals surface area contributed by atoms with E-state index < -0.39 is 8.32 Å². The van der Waals surface area contributed by atoms with Crippen molar-refractivity contribution in [1.82, 2.24) is 20.1 Å². The van der Waals surface area contributed by atoms with Crippen LogP contribution in [-0.2, 0) is 31.5 Å². The SMILES string of the molecule is CCN(CCNC[C@H](O[Si](C)(C)C(C)(C)C)c1ccc(O)c2[nH]c(=O)ccc12)C(=O)CCOCCc1cccc(CCN2C[C@H]3C[C@H](OC(=O)Nc4ccccc4-c4ccccc4)C[C@H]3C2)c1. The Morgan fingerprint density at radius 3 is 2.34 bits per heavy atom. The third-order valence-corrected chi connectivity index (χ3v) is 18.6. The maximum atomic E-state index is 13.2. The predicted molar refractivity (Wildman–Crippen MR) is 270 cm³/mol. The van der Waals surface area contributed by atoms with E-state index in [2.05, 4.69) is 78.6 Å². The zero-order chi connectivity index (χ0) is 47.6. The number of phenols is 1. The van der Waals surface area contributed by atoms with Gasteiger partial charge in [0.2, 0.25) is 11.5 Å². The summed E-state index contributed by atoms with van der Waals surface area (Å²) in [6.07, 6.45) is 3.14. The summed E-state index contributed by atoms with van der Waals surface area (Å²) in [4.78, 5) is 45.5. The van der Waals surface area contributed by atoms with Crippen molar-refractivity contribution in [2.24, 2.45) is 11.8 Å². The van der Waals surface area contributed by atoms with E-state index in [1.165, 1.54) is 17.2 Å². The Hall–Kier alpha value is -5.31. The number of benzene rings is 4. The number of para-hydroxylation sites is 1. The number of aromatic hydroxyl groups is 1. The Bertz CT molecular complexity index is 2480. The van der Waals surface area contributed by atoms with Crippen LogP contribution in [0.2, 0.25) is 18.1 Å². The minimum Gasteiger partial charge on any atom is -0.506 e. The average molecular weight is 930 g/mol. The number of aromatic nitrogens is 1. The summed E-state index contributed by atoms with van der Waals surface area (Å²) in [6, 6.07) is 33.4. The van der Waals surface area contributed by atoms with E-state index >= 15 is 0 Å². The number of fused-ring (bicyclic) bond motifs is 2. The Morgan fingerprint density at radius 2 is 1.61 bits per heavy atom. The van der Waals surface area contributed by atoms with Crippen molar-refractivity contribution in [2.75, 3.05) is 64.3 Å². The largest absolute Gasteiger partial charge is 0.506 e. The molecule has 1 saturated heterocycles. The molecule has 13 heteroatoms. The van der Waals surface area contributed by atoms with E-state index in [-0.39, 0.29) is 40.6 Å². The van der Waals surface area contributed by atoms with Crippen molar-refractivity contribution in [3.8, 4) is 16.9 Å². The van der Waals surface area contributed by atoms with Gasteiger partial charge >= 0.3 is 6.09 Å². The van der Waals surface area contributed by atoms with Gasteiger partial charge in [-0.25, -0.2) is 4.79 Å². The third kappa shape index (κ3) is 13.2. The molecule has 1 aromatic heterocycles. The first-order chi connectivity index (χ1) is 32.2. The van der Waals surface area contributed by atoms with E-state index in [0.29, 0.717) is 63.2 Å². The number of rotatable bonds is 21. The number of aromatic amines is 1. The number of likely N-dealkylation sites (N-methyl/N-ethyl adjacent to an activating group) is 1. The van der Waals surface area contributed by atoms with Crippen molar-refractivity contribution in [3.63, 3.8) is 0 Å². The van der Waals surface area contributed by atoms with Crippen LogP contribution in [0.3, 0.4) is 0 Å². The molecule has 2 amide bonds. The number of anilines is 1. The van der Waals surface area contributed by atoms with E-state index in [0.717, 1.165) is 73.1 Å². The molecule has 7 rings (SSSR count). The molecule has 67 heavy (non-hydrogen) atoms. The van der Waals surface area contributed by atoms with Crippen molar-refractivity contribution in [3.05, 3.63) is 130 Å². The van der Waals surface area contributed by atoms with Gasteiger partial charge in [0, 0.05) is 62.8 Å². The number of carbonyl (C=O) groups excluding carboxylic acids is 2. The van der Waals surface area contributed by atoms with Crippen LogP contribution in [0.5, 0.6) is 5.75 Å². The Labute approximate surface area is 397 Å². The maximum Gasteiger partial charge on any atom is 0.411 e. The minimum atomic E-state index is -2.22. The topological polar surface area (TPSA) is 145 Å². The smallest absolute Gasteiger partial charge is 0.411 e. The van der Waals surface area contributed by atoms with Crippen LogP contribution >= 0.6 is 0 Å². The van der Waals surface area contributed by atoms with Gasteiger partial charge in [-0.3, -0.25) is 14.9 Å². The van der Waals surface area contributed by atoms with Gasteiger partial charge in [-0.15, -0.1) is 0 Å². The average Bonchev–Trinajstić information content (AvgIpc) is 3.86. The number of nitrogens with one attached hydrogen (secondary N) is 3. The zero-order valence-electron chi connectivity index (χ0n) is 40.3. The number of likely N-dealkylation sites (tertiary alicyclic amines) is 1. The molecule has 0 unspecified atom stereocenters. The highest BCUT2D eigenvalue weighted by Crippen LogP contribution is 2.42. The van der Waals surface area contributed by atoms with Gasteiger partial charge in [0.05, 0.1) is 36.9 Å². The normalized spacial score (nSPS) is 17.9. The lowest BCUT2D eigenvalue weighted by atomic mass is 10.0. The van der Waals surface area contributed by atoms with E-state index in [4.69, 9.17) is 13.9 Å². The molecule has 2 heterocycles. The molecule has 4 atom stereocenters. The molecule has 1 aliphatic heterocycles. The molecule has 2 fully saturated rings. The number of pyridine rings is 1. The summed E-state index contributed by atoms with van der Waals surface area (Å²) in [5.74, 6) is 1.18. The molecule has 4 N–H and O–H groups in total. The lowest BCUT2D eigenvalue weighted by Crippen LogP contribution is -2.44. The standard InChI is InChI=1S/C54H71N5O7Si/c1-7-59(29-27-55-35-49(66-67(5,6)54(2,3)4)45-20-22-48(60)52-46(45)21-23-50(61)57-52)51(62)26-31-64-30-25-39-15-13-14-38(32-39)24-28-58-36-41-33-43(34-42(41)37-58)65-53(63)56-47-19-12-11-18-44(47)40-16-9-8-10-17-40/h8-23,32,41-43,49,55,60H,7,24-31,33-37H2,1-6H3,(H,56,63)(H,57,61)/t41-,42+,43+,49-/m0/s1. The first-order valence-corrected chi connectivity index (χ1v) is 27.1. The zero-order valence-corrected chi connectivity index (χ0v) is 41.3. The Kier molecular flexibility index (Phi) is 16.8. The summed E-state index contributed by atoms with van der Waals surface area (Å²) < 4.78 is 18.9. The molecule has 0 bridgehead atoms. The number of amides is 2. The summed E-state index contributed by atoms with van der Waals surface area (Å²) in [6.45, 7) is 19.3. The number of hydrogen-bond donors (Lipinski definition) is 4. The second-order valence-corrected chi connectivity index (χ2v) is 24.6. The summed E-state index contributed by atoms with van der Waals surface area (Å²) in [7, 11) is -2.22. The molecule has 1 aliphatic carbocycles. The van der Waals surface area contributed by atoms with Crippen LogP contribution in [0.15, 0.2) is 108 Å². The molecule has 358 valence electrons. The highest BCUT2D eigenvalue weighted by atomic mass is 28.4. The van der Waals surface area contributed by atoms with Crippen LogP contribution in [0.25, 0.3) is 22.0 Å². The number of hydrogen-bond acceptors (Lipinski definition) is 9. The summed E-state index contributed by atoms with van der Waals surface area (Å²) in [5.41, 5.74) is 6.35. The van der Waals surface area contributed by atoms with Gasteiger partial charge in [0.1, 0.15) is 11.9 Å². The van der Waals surface area contributed by atoms with Crippen molar-refractivity contribution in [1.29, 1.82) is 0 Å². The highest BCUT2D eigenvalue weighted by Gasteiger charge is 2.42. The Balaban J connectivity index is 0.791. The molecule has 0 radical (unpaired) electrons. The molecular formula is C54H71N5O7Si. The fourth-order valence-electron chi connectivity index (χ4n) is 9.40. The number of H-pyrrole nitrogens is 1. The molecule has 0 spiro atoms. The van der Waals surface area contributed by atoms with Crippen molar-refractivity contribution in [2.45, 2.75) is 90.1 Å². The first-order valence-electron chi connectivity index (χ1n) is 24.2. The second kappa shape index (κ2) is 22.7. The van der Waals surface area contributed by atoms with Crippen LogP contribution in [-0.4, -0.2) is 105 Å². The summed E-state index contributed by atoms with van der Waals surface area (Å²) in [5, 5.41) is 17.8. The number of nitrogens with zero attached hydrogens (tertiary/aromatic N) is 2. The monoisotopic (exact) mass is 930 g/mol. The molecule has 2 aliphatic rings. The molecule has 4 aromatic carbocycles. The van der Waals surface area contributed by atoms with Gasteiger partial charge in [-0.05, 0) is 103 Å². The van der Waals surface area contributed by atoms with Crippen LogP contribution in [0.4, 0.5) is 10.5 Å². The predicted octanol–water partition coefficient (Wildman–Crippen LogP) is 9.55. The van der Waals surface area contributed by atoms with Gasteiger partial charge in [-0.1, -0.05) is 99.6 Å². The van der Waals surface area contributed by atoms with Crippen LogP contribution in [0, 0.1) is 11.8 Å². The fourth-order valence-corrected chi connectivity index (χ4v) is 10.7. The fraction of sp³-hybridized carbons (Fsp3) is 0.463. The van der Waals surface area contributed by atoms with E-state index in [1.54, 1.807) is 12.1 Å². The third-order valence-electron chi connectivity index (χ3n) is 14.1. The molecule has 5 aromatic rings. The number of carbonyl (C=O) groups is 2. The lowest BCUT2D eigenvalue weighted by Gasteiger charge is -2.39. The lowest BCUT2D eigenvalue weighted by molar-refractivity contribution is -0.132. The van der Waals surface area contributed by atoms with Gasteiger partial charge in [-0.2, -0.15) is 0 Å². The number of ether oxygens (including phenoxy) is 2. The van der Waals surface area contributed by atoms with E-state index in [9.17, 15) is 19.5 Å². The second-order valence-electron chi connectivity index (χ2n) is 19.8. The summed E-state index contributed by atoms with van der Waals surface area (Å²) >= 11 is 0. The van der Waals surface area contributed by atoms with Crippen molar-refractivity contribution >= 4 is 36.9 Å². The maximum absolute atomic E-state index is 13.2. The quantitative estimate of drug-likeness (QED) is 0.0418. The van der Waals surface area contributed by atoms with Gasteiger partial charge < -0.3 is 39.1 Å². The Morgan fingerprint density at radius 1 is 0.896 bits per heavy atom. The highest BCUT2D eigenvalue weighted by molar-refractivity contribution is 6.74. The van der Waals surface area contributed by atoms with Crippen LogP contribution < -0.4 is 16.2 Å². The first kappa shape index (κ1) is 49.6. The van der Waals surface area contributed by atoms with Gasteiger partial charge in [0.25, 0.3) is 0 Å². The molecule has 1 saturated carbocycles. The minimum absolute atomic E-state index is 0.0205. The van der Waals surface area contributed by atoms with E-state index in [1.807, 2.05) is 72.5 Å². The molecule has 12 nitrogen and oxygen atoms in total. The van der Waals surface area contributed by atoms with Crippen LogP contribution in [0.1, 0.15) is 69.8 Å². The van der Waals surface area contributed by atoms with Gasteiger partial charge in [0.15, 0.2) is 8.32 Å². The number of phenolic OH excluding ortho intramolecular Hbond substituents is 1.